The van der Waals surface area contributed by atoms with Crippen molar-refractivity contribution >= 4 is 6.09 Å². The van der Waals surface area contributed by atoms with Crippen LogP contribution in [0.2, 0.25) is 0 Å². The maximum atomic E-state index is 11.8. The van der Waals surface area contributed by atoms with Gasteiger partial charge in [-0.05, 0) is 34.1 Å². The second-order valence-corrected chi connectivity index (χ2v) is 5.11. The second-order valence-electron chi connectivity index (χ2n) is 5.11. The molecule has 0 atom stereocenters. The Hall–Kier alpha value is -0.570. The first kappa shape index (κ1) is 13.4. The molecule has 0 saturated carbocycles. The number of hydrogen-bond donors (Lipinski definition) is 0. The van der Waals surface area contributed by atoms with Gasteiger partial charge in [-0.25, -0.2) is 4.48 Å². The minimum Gasteiger partial charge on any atom is -0.414 e. The number of carbonyl (C=O) groups is 1. The van der Waals surface area contributed by atoms with E-state index in [1.54, 1.807) is 0 Å². The lowest BCUT2D eigenvalue weighted by Gasteiger charge is -2.33. The van der Waals surface area contributed by atoms with Crippen LogP contribution in [-0.2, 0) is 4.74 Å². The number of hydrogen-bond acceptors (Lipinski definition) is 2. The topological polar surface area (TPSA) is 26.3 Å². The number of rotatable bonds is 3. The number of nitrogens with zero attached hydrogens (tertiary/aromatic N) is 1. The number of quaternary nitrogens is 1. The maximum absolute atomic E-state index is 11.8. The Bertz CT molecular complexity index is 207. The molecule has 0 heterocycles. The van der Waals surface area contributed by atoms with E-state index in [9.17, 15) is 4.79 Å². The van der Waals surface area contributed by atoms with Crippen LogP contribution in [0.15, 0.2) is 0 Å². The highest BCUT2D eigenvalue weighted by atomic mass is 16.6. The molecule has 0 bridgehead atoms. The predicted molar refractivity (Wildman–Crippen MR) is 58.1 cm³/mol. The molecule has 0 N–H and O–H groups in total. The average molecular weight is 202 g/mol. The molecule has 0 radical (unpaired) electrons. The first-order valence-corrected chi connectivity index (χ1v) is 5.20. The largest absolute Gasteiger partial charge is 0.516 e. The van der Waals surface area contributed by atoms with E-state index in [4.69, 9.17) is 4.74 Å². The standard InChI is InChI=1S/C11H24NO2/c1-8-11(4,5)14-10(13)12(6,7)9(2)3/h9H,8H2,1-7H3/q+1. The van der Waals surface area contributed by atoms with Crippen LogP contribution in [0, 0.1) is 0 Å². The Labute approximate surface area is 87.6 Å². The molecule has 0 spiro atoms. The summed E-state index contributed by atoms with van der Waals surface area (Å²) in [4.78, 5) is 11.8. The fraction of sp³-hybridized carbons (Fsp3) is 0.909. The molecular weight excluding hydrogens is 178 g/mol. The van der Waals surface area contributed by atoms with Gasteiger partial charge in [0.1, 0.15) is 5.60 Å². The highest BCUT2D eigenvalue weighted by Gasteiger charge is 2.36. The smallest absolute Gasteiger partial charge is 0.414 e. The summed E-state index contributed by atoms with van der Waals surface area (Å²) in [5.74, 6) is 0. The van der Waals surface area contributed by atoms with Crippen molar-refractivity contribution in [1.29, 1.82) is 0 Å². The zero-order valence-corrected chi connectivity index (χ0v) is 10.5. The molecule has 0 aromatic heterocycles. The van der Waals surface area contributed by atoms with Gasteiger partial charge < -0.3 is 4.74 Å². The van der Waals surface area contributed by atoms with Gasteiger partial charge in [0.2, 0.25) is 0 Å². The summed E-state index contributed by atoms with van der Waals surface area (Å²) >= 11 is 0. The summed E-state index contributed by atoms with van der Waals surface area (Å²) in [5, 5.41) is 0. The minimum atomic E-state index is -0.360. The van der Waals surface area contributed by atoms with Gasteiger partial charge >= 0.3 is 6.09 Å². The van der Waals surface area contributed by atoms with Crippen molar-refractivity contribution in [3.63, 3.8) is 0 Å². The maximum Gasteiger partial charge on any atom is 0.516 e. The van der Waals surface area contributed by atoms with E-state index in [1.165, 1.54) is 0 Å². The van der Waals surface area contributed by atoms with Gasteiger partial charge in [-0.3, -0.25) is 0 Å². The lowest BCUT2D eigenvalue weighted by atomic mass is 10.1. The van der Waals surface area contributed by atoms with Crippen molar-refractivity contribution in [2.45, 2.75) is 52.7 Å². The molecule has 0 rings (SSSR count). The van der Waals surface area contributed by atoms with Crippen LogP contribution in [0.3, 0.4) is 0 Å². The van der Waals surface area contributed by atoms with Crippen LogP contribution in [0.25, 0.3) is 0 Å². The average Bonchev–Trinajstić information content (AvgIpc) is 2.03. The van der Waals surface area contributed by atoms with Gasteiger partial charge in [-0.15, -0.1) is 0 Å². The second kappa shape index (κ2) is 4.30. The highest BCUT2D eigenvalue weighted by molar-refractivity contribution is 5.60. The predicted octanol–water partition coefficient (Wildman–Crippen LogP) is 2.80. The minimum absolute atomic E-state index is 0.160. The molecular formula is C11H24NO2+. The third-order valence-electron chi connectivity index (χ3n) is 2.98. The van der Waals surface area contributed by atoms with E-state index < -0.39 is 0 Å². The van der Waals surface area contributed by atoms with E-state index in [0.717, 1.165) is 6.42 Å². The van der Waals surface area contributed by atoms with Crippen LogP contribution in [0.1, 0.15) is 41.0 Å². The number of ether oxygens (including phenoxy) is 1. The normalized spacial score (nSPS) is 13.1. The molecule has 1 amide bonds. The highest BCUT2D eigenvalue weighted by Crippen LogP contribution is 2.18. The molecule has 0 aliphatic heterocycles. The Balaban J connectivity index is 4.50. The summed E-state index contributed by atoms with van der Waals surface area (Å²) in [5.41, 5.74) is -0.360. The summed E-state index contributed by atoms with van der Waals surface area (Å²) in [6, 6.07) is 0.232. The third kappa shape index (κ3) is 3.29. The monoisotopic (exact) mass is 202 g/mol. The quantitative estimate of drug-likeness (QED) is 0.658. The first-order chi connectivity index (χ1) is 6.13. The van der Waals surface area contributed by atoms with Crippen molar-refractivity contribution in [3.8, 4) is 0 Å². The summed E-state index contributed by atoms with van der Waals surface area (Å²) < 4.78 is 5.71. The summed E-state index contributed by atoms with van der Waals surface area (Å²) in [6.07, 6.45) is 0.670. The Morgan fingerprint density at radius 1 is 1.36 bits per heavy atom. The van der Waals surface area contributed by atoms with Crippen LogP contribution >= 0.6 is 0 Å². The fourth-order valence-electron chi connectivity index (χ4n) is 0.637. The molecule has 0 aliphatic rings. The SMILES string of the molecule is CCC(C)(C)OC(=O)[N+](C)(C)C(C)C. The zero-order valence-electron chi connectivity index (χ0n) is 10.5. The van der Waals surface area contributed by atoms with Crippen LogP contribution < -0.4 is 0 Å². The Morgan fingerprint density at radius 3 is 2.07 bits per heavy atom. The fourth-order valence-corrected chi connectivity index (χ4v) is 0.637. The molecule has 3 heteroatoms. The van der Waals surface area contributed by atoms with Crippen molar-refractivity contribution < 1.29 is 14.0 Å². The van der Waals surface area contributed by atoms with Gasteiger partial charge in [-0.1, -0.05) is 6.92 Å². The van der Waals surface area contributed by atoms with E-state index in [0.29, 0.717) is 0 Å². The van der Waals surface area contributed by atoms with Gasteiger partial charge in [0.25, 0.3) is 0 Å². The lowest BCUT2D eigenvalue weighted by Crippen LogP contribution is -2.53. The lowest BCUT2D eigenvalue weighted by molar-refractivity contribution is -0.840. The van der Waals surface area contributed by atoms with E-state index in [2.05, 4.69) is 0 Å². The molecule has 0 aliphatic carbocycles. The molecule has 0 aromatic rings. The van der Waals surface area contributed by atoms with Crippen molar-refractivity contribution in [2.75, 3.05) is 14.1 Å². The number of carbonyl (C=O) groups excluding carboxylic acids is 1. The van der Waals surface area contributed by atoms with Gasteiger partial charge in [0.15, 0.2) is 0 Å². The first-order valence-electron chi connectivity index (χ1n) is 5.20. The van der Waals surface area contributed by atoms with E-state index in [-0.39, 0.29) is 22.2 Å². The van der Waals surface area contributed by atoms with Gasteiger partial charge in [-0.2, -0.15) is 4.79 Å². The van der Waals surface area contributed by atoms with Crippen molar-refractivity contribution in [3.05, 3.63) is 0 Å². The Morgan fingerprint density at radius 2 is 1.79 bits per heavy atom. The molecule has 3 nitrogen and oxygen atoms in total. The Kier molecular flexibility index (Phi) is 4.13. The molecule has 0 fully saturated rings. The molecule has 84 valence electrons. The van der Waals surface area contributed by atoms with Crippen molar-refractivity contribution in [1.82, 2.24) is 0 Å². The van der Waals surface area contributed by atoms with Crippen molar-refractivity contribution in [2.24, 2.45) is 0 Å². The van der Waals surface area contributed by atoms with Crippen LogP contribution in [-0.4, -0.2) is 36.3 Å². The molecule has 0 aromatic carbocycles. The molecule has 14 heavy (non-hydrogen) atoms. The van der Waals surface area contributed by atoms with Crippen LogP contribution in [0.4, 0.5) is 4.79 Å². The third-order valence-corrected chi connectivity index (χ3v) is 2.98. The van der Waals surface area contributed by atoms with Gasteiger partial charge in [0.05, 0.1) is 20.1 Å². The zero-order chi connectivity index (χ0) is 11.6. The summed E-state index contributed by atoms with van der Waals surface area (Å²) in [6.45, 7) is 9.92. The molecule has 0 saturated heterocycles. The molecule has 0 unspecified atom stereocenters. The van der Waals surface area contributed by atoms with Gasteiger partial charge in [0, 0.05) is 0 Å². The van der Waals surface area contributed by atoms with Crippen LogP contribution in [0.5, 0.6) is 0 Å². The number of amides is 1. The van der Waals surface area contributed by atoms with E-state index in [1.807, 2.05) is 48.7 Å². The van der Waals surface area contributed by atoms with E-state index >= 15 is 0 Å². The summed E-state index contributed by atoms with van der Waals surface area (Å²) in [7, 11) is 3.75.